The van der Waals surface area contributed by atoms with E-state index in [1.807, 2.05) is 72.8 Å². The van der Waals surface area contributed by atoms with Gasteiger partial charge in [0.15, 0.2) is 17.5 Å². The highest BCUT2D eigenvalue weighted by Gasteiger charge is 2.27. The molecule has 17 aromatic rings. The van der Waals surface area contributed by atoms with E-state index < -0.39 is 0 Å². The summed E-state index contributed by atoms with van der Waals surface area (Å²) >= 11 is 0. The Balaban J connectivity index is 0.962. The summed E-state index contributed by atoms with van der Waals surface area (Å²) in [7, 11) is 0. The third kappa shape index (κ3) is 7.32. The molecule has 0 fully saturated rings. The van der Waals surface area contributed by atoms with Gasteiger partial charge in [0.1, 0.15) is 0 Å². The number of hydrogen-bond acceptors (Lipinski definition) is 5. The van der Waals surface area contributed by atoms with Crippen LogP contribution in [0.4, 0.5) is 0 Å². The van der Waals surface area contributed by atoms with Crippen LogP contribution in [0.2, 0.25) is 0 Å². The van der Waals surface area contributed by atoms with Gasteiger partial charge in [0.2, 0.25) is 0 Å². The van der Waals surface area contributed by atoms with E-state index in [9.17, 15) is 10.5 Å². The fourth-order valence-corrected chi connectivity index (χ4v) is 13.4. The summed E-state index contributed by atoms with van der Waals surface area (Å²) in [6, 6.07) is 99.5. The highest BCUT2D eigenvalue weighted by molar-refractivity contribution is 6.28. The Morgan fingerprint density at radius 3 is 1.16 bits per heavy atom. The number of rotatable bonds is 8. The number of fused-ring (bicyclic) bond motifs is 14. The van der Waals surface area contributed by atoms with Crippen molar-refractivity contribution >= 4 is 87.2 Å². The average molecular weight is 1100 g/mol. The fourth-order valence-electron chi connectivity index (χ4n) is 13.4. The number of hydrogen-bond donors (Lipinski definition) is 0. The standard InChI is InChI=1S/C77H45N9/c78-46-48-32-35-50(36-33-48)52-37-41-68(86-66-31-17-13-27-60(66)72-70(86)43-39-58-56-25-11-15-29-64(56)84(74(58)72)54-22-8-3-9-23-54)62(45-52)77-81-75(51-18-4-1-5-19-51)80-76(82-77)61-44-49(47-79)34-40-67(61)85-65-30-16-12-26-59(65)71-69(85)42-38-57-55-24-10-14-28-63(55)83(73(57)71)53-20-6-2-7-21-53/h1-45H. The van der Waals surface area contributed by atoms with Crippen LogP contribution in [0.3, 0.4) is 0 Å². The van der Waals surface area contributed by atoms with E-state index >= 15 is 0 Å². The molecule has 0 amide bonds. The summed E-state index contributed by atoms with van der Waals surface area (Å²) in [4.78, 5) is 16.6. The van der Waals surface area contributed by atoms with Gasteiger partial charge in [-0.05, 0) is 114 Å². The first-order valence-electron chi connectivity index (χ1n) is 28.6. The minimum Gasteiger partial charge on any atom is -0.309 e. The maximum absolute atomic E-state index is 10.8. The molecule has 9 heteroatoms. The Hall–Kier alpha value is -12.2. The molecule has 12 aromatic carbocycles. The van der Waals surface area contributed by atoms with Gasteiger partial charge in [0.05, 0.1) is 78.8 Å². The molecule has 0 bridgehead atoms. The zero-order valence-electron chi connectivity index (χ0n) is 46.0. The summed E-state index contributed by atoms with van der Waals surface area (Å²) in [5.74, 6) is 1.31. The quantitative estimate of drug-likeness (QED) is 0.151. The Morgan fingerprint density at radius 1 is 0.267 bits per heavy atom. The third-order valence-corrected chi connectivity index (χ3v) is 17.1. The minimum atomic E-state index is 0.400. The SMILES string of the molecule is N#Cc1ccc(-c2ccc(-n3c4ccccc4c4c3ccc3c5ccccc5n(-c5ccccc5)c34)c(-c3nc(-c4ccccc4)nc(-c4cc(C#N)ccc4-n4c5ccccc5c5c4ccc4c6ccccc6n(-c6ccccc6)c45)n3)c2)cc1. The largest absolute Gasteiger partial charge is 0.309 e. The molecule has 17 rings (SSSR count). The Bertz CT molecular complexity index is 5720. The van der Waals surface area contributed by atoms with E-state index in [2.05, 4.69) is 231 Å². The topological polar surface area (TPSA) is 106 Å². The molecule has 0 aliphatic carbocycles. The normalized spacial score (nSPS) is 11.7. The first-order valence-corrected chi connectivity index (χ1v) is 28.6. The molecule has 0 aliphatic heterocycles. The zero-order valence-corrected chi connectivity index (χ0v) is 46.0. The Kier molecular flexibility index (Phi) is 10.8. The van der Waals surface area contributed by atoms with Crippen LogP contribution < -0.4 is 0 Å². The van der Waals surface area contributed by atoms with Gasteiger partial charge < -0.3 is 18.3 Å². The predicted octanol–water partition coefficient (Wildman–Crippen LogP) is 18.7. The number of nitriles is 2. The molecule has 0 N–H and O–H groups in total. The van der Waals surface area contributed by atoms with Crippen molar-refractivity contribution in [3.8, 4) is 80.2 Å². The maximum Gasteiger partial charge on any atom is 0.166 e. The fraction of sp³-hybridized carbons (Fsp3) is 0. The van der Waals surface area contributed by atoms with E-state index in [1.165, 1.54) is 10.8 Å². The van der Waals surface area contributed by atoms with Gasteiger partial charge in [0, 0.05) is 71.2 Å². The lowest BCUT2D eigenvalue weighted by atomic mass is 9.99. The second kappa shape index (κ2) is 19.2. The second-order valence-electron chi connectivity index (χ2n) is 21.7. The van der Waals surface area contributed by atoms with E-state index in [0.29, 0.717) is 34.2 Å². The van der Waals surface area contributed by atoms with Crippen LogP contribution in [0.15, 0.2) is 273 Å². The Labute approximate surface area is 492 Å². The number of nitrogens with zero attached hydrogens (tertiary/aromatic N) is 9. The lowest BCUT2D eigenvalue weighted by Crippen LogP contribution is -2.06. The zero-order chi connectivity index (χ0) is 57.0. The summed E-state index contributed by atoms with van der Waals surface area (Å²) in [5, 5.41) is 29.7. The summed E-state index contributed by atoms with van der Waals surface area (Å²) < 4.78 is 9.46. The molecule has 0 radical (unpaired) electrons. The number of para-hydroxylation sites is 6. The van der Waals surface area contributed by atoms with Gasteiger partial charge in [-0.3, -0.25) is 0 Å². The van der Waals surface area contributed by atoms with Gasteiger partial charge in [-0.25, -0.2) is 15.0 Å². The second-order valence-corrected chi connectivity index (χ2v) is 21.7. The van der Waals surface area contributed by atoms with Crippen LogP contribution in [0.1, 0.15) is 11.1 Å². The van der Waals surface area contributed by atoms with Crippen LogP contribution >= 0.6 is 0 Å². The van der Waals surface area contributed by atoms with E-state index in [4.69, 9.17) is 15.0 Å². The summed E-state index contributed by atoms with van der Waals surface area (Å²) in [6.45, 7) is 0. The molecule has 0 spiro atoms. The van der Waals surface area contributed by atoms with E-state index in [0.717, 1.165) is 121 Å². The van der Waals surface area contributed by atoms with Crippen molar-refractivity contribution in [2.75, 3.05) is 0 Å². The molecule has 5 aromatic heterocycles. The van der Waals surface area contributed by atoms with Crippen LogP contribution in [0.5, 0.6) is 0 Å². The van der Waals surface area contributed by atoms with Crippen molar-refractivity contribution in [3.05, 3.63) is 284 Å². The first-order chi connectivity index (χ1) is 42.6. The van der Waals surface area contributed by atoms with Crippen LogP contribution in [0, 0.1) is 22.7 Å². The molecule has 9 nitrogen and oxygen atoms in total. The average Bonchev–Trinajstić information content (AvgIpc) is 1.58. The molecule has 0 saturated carbocycles. The molecule has 5 heterocycles. The minimum absolute atomic E-state index is 0.400. The van der Waals surface area contributed by atoms with Gasteiger partial charge >= 0.3 is 0 Å². The van der Waals surface area contributed by atoms with Gasteiger partial charge in [-0.15, -0.1) is 0 Å². The van der Waals surface area contributed by atoms with Crippen molar-refractivity contribution in [2.45, 2.75) is 0 Å². The van der Waals surface area contributed by atoms with Crippen LogP contribution in [-0.2, 0) is 0 Å². The molecule has 0 atom stereocenters. The van der Waals surface area contributed by atoms with Crippen molar-refractivity contribution in [1.29, 1.82) is 10.5 Å². The highest BCUT2D eigenvalue weighted by Crippen LogP contribution is 2.46. The van der Waals surface area contributed by atoms with Crippen molar-refractivity contribution in [2.24, 2.45) is 0 Å². The molecule has 0 unspecified atom stereocenters. The van der Waals surface area contributed by atoms with E-state index in [-0.39, 0.29) is 0 Å². The predicted molar refractivity (Wildman–Crippen MR) is 348 cm³/mol. The maximum atomic E-state index is 10.8. The van der Waals surface area contributed by atoms with Crippen molar-refractivity contribution in [3.63, 3.8) is 0 Å². The molecular formula is C77H45N9. The Morgan fingerprint density at radius 2 is 0.663 bits per heavy atom. The van der Waals surface area contributed by atoms with Gasteiger partial charge in [0.25, 0.3) is 0 Å². The summed E-state index contributed by atoms with van der Waals surface area (Å²) in [6.07, 6.45) is 0. The highest BCUT2D eigenvalue weighted by atomic mass is 15.1. The molecule has 398 valence electrons. The smallest absolute Gasteiger partial charge is 0.166 e. The van der Waals surface area contributed by atoms with E-state index in [1.54, 1.807) is 0 Å². The number of aromatic nitrogens is 7. The number of benzene rings is 12. The molecule has 86 heavy (non-hydrogen) atoms. The summed E-state index contributed by atoms with van der Waals surface area (Å²) in [5.41, 5.74) is 17.4. The molecule has 0 saturated heterocycles. The molecule has 0 aliphatic rings. The van der Waals surface area contributed by atoms with Crippen LogP contribution in [-0.4, -0.2) is 33.2 Å². The van der Waals surface area contributed by atoms with Gasteiger partial charge in [-0.1, -0.05) is 170 Å². The first kappa shape index (κ1) is 48.5. The van der Waals surface area contributed by atoms with Crippen molar-refractivity contribution in [1.82, 2.24) is 33.2 Å². The van der Waals surface area contributed by atoms with Crippen molar-refractivity contribution < 1.29 is 0 Å². The molecular weight excluding hydrogens is 1050 g/mol. The third-order valence-electron chi connectivity index (χ3n) is 17.1. The monoisotopic (exact) mass is 1100 g/mol. The van der Waals surface area contributed by atoms with Crippen LogP contribution in [0.25, 0.3) is 155 Å². The lowest BCUT2D eigenvalue weighted by molar-refractivity contribution is 1.06. The lowest BCUT2D eigenvalue weighted by Gasteiger charge is -2.18. The van der Waals surface area contributed by atoms with Gasteiger partial charge in [-0.2, -0.15) is 10.5 Å².